The Morgan fingerprint density at radius 2 is 1.42 bits per heavy atom. The SMILES string of the molecule is C[C@H](N=C1NS(=O)(=O)c2ccccc21)C(=O)Nc1cccc(NC(=O)Nc2ccccc2)c1. The third kappa shape index (κ3) is 5.18. The van der Waals surface area contributed by atoms with Crippen molar-refractivity contribution >= 4 is 44.9 Å². The molecule has 0 bridgehead atoms. The Bertz CT molecular complexity index is 1340. The molecule has 3 amide bonds. The maximum atomic E-state index is 12.7. The molecule has 4 N–H and O–H groups in total. The van der Waals surface area contributed by atoms with E-state index in [4.69, 9.17) is 0 Å². The first-order valence-corrected chi connectivity index (χ1v) is 11.5. The largest absolute Gasteiger partial charge is 0.324 e. The third-order valence-electron chi connectivity index (χ3n) is 4.78. The van der Waals surface area contributed by atoms with Crippen LogP contribution in [0.25, 0.3) is 0 Å². The van der Waals surface area contributed by atoms with Gasteiger partial charge in [0.25, 0.3) is 10.0 Å². The molecule has 0 aromatic heterocycles. The average molecular weight is 464 g/mol. The molecule has 10 heteroatoms. The number of nitrogens with zero attached hydrogens (tertiary/aromatic N) is 1. The minimum absolute atomic E-state index is 0.126. The van der Waals surface area contributed by atoms with Gasteiger partial charge in [0.05, 0.1) is 4.90 Å². The molecule has 3 aromatic carbocycles. The summed E-state index contributed by atoms with van der Waals surface area (Å²) in [5.74, 6) is -0.307. The maximum Gasteiger partial charge on any atom is 0.323 e. The Morgan fingerprint density at radius 1 is 0.818 bits per heavy atom. The third-order valence-corrected chi connectivity index (χ3v) is 6.18. The summed E-state index contributed by atoms with van der Waals surface area (Å²) in [6.07, 6.45) is 0. The van der Waals surface area contributed by atoms with Gasteiger partial charge in [-0.25, -0.2) is 13.2 Å². The van der Waals surface area contributed by atoms with Gasteiger partial charge in [-0.3, -0.25) is 14.5 Å². The molecule has 3 aromatic rings. The molecule has 1 aliphatic heterocycles. The van der Waals surface area contributed by atoms with Crippen molar-refractivity contribution in [2.24, 2.45) is 4.99 Å². The monoisotopic (exact) mass is 463 g/mol. The smallest absolute Gasteiger partial charge is 0.323 e. The van der Waals surface area contributed by atoms with Crippen LogP contribution in [0.4, 0.5) is 21.9 Å². The van der Waals surface area contributed by atoms with Gasteiger partial charge in [-0.1, -0.05) is 36.4 Å². The first kappa shape index (κ1) is 22.0. The number of amidine groups is 1. The maximum absolute atomic E-state index is 12.7. The van der Waals surface area contributed by atoms with E-state index in [0.29, 0.717) is 22.6 Å². The molecule has 0 saturated carbocycles. The number of hydrogen-bond donors (Lipinski definition) is 4. The first-order valence-electron chi connectivity index (χ1n) is 10.1. The fourth-order valence-corrected chi connectivity index (χ4v) is 4.46. The predicted octanol–water partition coefficient (Wildman–Crippen LogP) is 3.40. The number of nitrogens with one attached hydrogen (secondary N) is 4. The quantitative estimate of drug-likeness (QED) is 0.462. The van der Waals surface area contributed by atoms with Crippen molar-refractivity contribution in [1.29, 1.82) is 0 Å². The van der Waals surface area contributed by atoms with E-state index in [1.807, 2.05) is 18.2 Å². The van der Waals surface area contributed by atoms with Crippen LogP contribution in [0.3, 0.4) is 0 Å². The van der Waals surface area contributed by atoms with E-state index in [1.54, 1.807) is 61.5 Å². The summed E-state index contributed by atoms with van der Waals surface area (Å²) in [5.41, 5.74) is 2.01. The molecule has 4 rings (SSSR count). The number of sulfonamides is 1. The molecule has 33 heavy (non-hydrogen) atoms. The zero-order chi connectivity index (χ0) is 23.4. The van der Waals surface area contributed by atoms with Gasteiger partial charge in [-0.15, -0.1) is 0 Å². The number of aliphatic imine (C=N–C) groups is 1. The van der Waals surface area contributed by atoms with Gasteiger partial charge < -0.3 is 16.0 Å². The highest BCUT2D eigenvalue weighted by atomic mass is 32.2. The number of urea groups is 1. The Balaban J connectivity index is 1.42. The minimum Gasteiger partial charge on any atom is -0.324 e. The van der Waals surface area contributed by atoms with Gasteiger partial charge in [-0.2, -0.15) is 0 Å². The second kappa shape index (κ2) is 9.13. The average Bonchev–Trinajstić information content (AvgIpc) is 3.04. The minimum atomic E-state index is -3.68. The summed E-state index contributed by atoms with van der Waals surface area (Å²) in [4.78, 5) is 29.2. The van der Waals surface area contributed by atoms with Gasteiger partial charge in [0.15, 0.2) is 0 Å². The molecule has 0 aliphatic carbocycles. The number of anilines is 3. The van der Waals surface area contributed by atoms with Gasteiger partial charge in [0.1, 0.15) is 11.9 Å². The summed E-state index contributed by atoms with van der Waals surface area (Å²) < 4.78 is 26.8. The molecular weight excluding hydrogens is 442 g/mol. The molecule has 1 aliphatic rings. The van der Waals surface area contributed by atoms with Crippen molar-refractivity contribution in [3.8, 4) is 0 Å². The van der Waals surface area contributed by atoms with Crippen LogP contribution in [0.5, 0.6) is 0 Å². The zero-order valence-corrected chi connectivity index (χ0v) is 18.4. The molecule has 168 valence electrons. The van der Waals surface area contributed by atoms with E-state index in [9.17, 15) is 18.0 Å². The molecule has 0 saturated heterocycles. The van der Waals surface area contributed by atoms with Gasteiger partial charge in [-0.05, 0) is 49.4 Å². The molecule has 0 fully saturated rings. The van der Waals surface area contributed by atoms with Crippen LogP contribution < -0.4 is 20.7 Å². The van der Waals surface area contributed by atoms with Gasteiger partial charge in [0.2, 0.25) is 5.91 Å². The van der Waals surface area contributed by atoms with E-state index in [1.165, 1.54) is 6.07 Å². The van der Waals surface area contributed by atoms with E-state index in [-0.39, 0.29) is 10.7 Å². The standard InChI is InChI=1S/C23H21N5O4S/c1-15(24-21-19-12-5-6-13-20(19)33(31,32)28-21)22(29)25-17-10-7-11-18(14-17)27-23(30)26-16-8-3-2-4-9-16/h2-15H,1H3,(H,24,28)(H,25,29)(H2,26,27,30)/t15-/m0/s1. The van der Waals surface area contributed by atoms with Crippen LogP contribution in [-0.4, -0.2) is 32.2 Å². The fourth-order valence-electron chi connectivity index (χ4n) is 3.22. The van der Waals surface area contributed by atoms with E-state index >= 15 is 0 Å². The van der Waals surface area contributed by atoms with Crippen LogP contribution >= 0.6 is 0 Å². The normalized spacial score (nSPS) is 15.7. The summed E-state index contributed by atoms with van der Waals surface area (Å²) >= 11 is 0. The number of amides is 3. The molecule has 9 nitrogen and oxygen atoms in total. The van der Waals surface area contributed by atoms with Crippen molar-refractivity contribution < 1.29 is 18.0 Å². The topological polar surface area (TPSA) is 129 Å². The molecule has 0 unspecified atom stereocenters. The van der Waals surface area contributed by atoms with Crippen molar-refractivity contribution in [2.45, 2.75) is 17.9 Å². The number of benzene rings is 3. The van der Waals surface area contributed by atoms with Crippen LogP contribution in [0.15, 0.2) is 88.8 Å². The molecule has 1 heterocycles. The molecular formula is C23H21N5O4S. The van der Waals surface area contributed by atoms with Crippen LogP contribution in [0.1, 0.15) is 12.5 Å². The summed E-state index contributed by atoms with van der Waals surface area (Å²) in [6.45, 7) is 1.56. The number of carbonyl (C=O) groups excluding carboxylic acids is 2. The van der Waals surface area contributed by atoms with Crippen LogP contribution in [0.2, 0.25) is 0 Å². The van der Waals surface area contributed by atoms with E-state index in [2.05, 4.69) is 25.7 Å². The number of para-hydroxylation sites is 1. The number of rotatable bonds is 5. The zero-order valence-electron chi connectivity index (χ0n) is 17.6. The summed E-state index contributed by atoms with van der Waals surface area (Å²) in [7, 11) is -3.68. The highest BCUT2D eigenvalue weighted by molar-refractivity contribution is 7.90. The molecule has 1 atom stereocenters. The number of hydrogen-bond acceptors (Lipinski definition) is 5. The lowest BCUT2D eigenvalue weighted by molar-refractivity contribution is -0.117. The summed E-state index contributed by atoms with van der Waals surface area (Å²) in [5, 5.41) is 8.15. The van der Waals surface area contributed by atoms with Crippen LogP contribution in [0, 0.1) is 0 Å². The van der Waals surface area contributed by atoms with E-state index < -0.39 is 28.0 Å². The van der Waals surface area contributed by atoms with Crippen molar-refractivity contribution in [2.75, 3.05) is 16.0 Å². The Morgan fingerprint density at radius 3 is 2.18 bits per heavy atom. The Hall–Kier alpha value is -4.18. The van der Waals surface area contributed by atoms with Gasteiger partial charge in [0, 0.05) is 22.6 Å². The number of carbonyl (C=O) groups is 2. The lowest BCUT2D eigenvalue weighted by Gasteiger charge is -2.12. The molecule has 0 radical (unpaired) electrons. The van der Waals surface area contributed by atoms with Crippen LogP contribution in [-0.2, 0) is 14.8 Å². The highest BCUT2D eigenvalue weighted by Gasteiger charge is 2.31. The van der Waals surface area contributed by atoms with Crippen molar-refractivity contribution in [3.05, 3.63) is 84.4 Å². The van der Waals surface area contributed by atoms with Gasteiger partial charge >= 0.3 is 6.03 Å². The predicted molar refractivity (Wildman–Crippen MR) is 127 cm³/mol. The second-order valence-corrected chi connectivity index (χ2v) is 8.92. The van der Waals surface area contributed by atoms with Crippen molar-refractivity contribution in [3.63, 3.8) is 0 Å². The van der Waals surface area contributed by atoms with E-state index in [0.717, 1.165) is 0 Å². The second-order valence-electron chi connectivity index (χ2n) is 7.27. The van der Waals surface area contributed by atoms with Crippen molar-refractivity contribution in [1.82, 2.24) is 4.72 Å². The number of fused-ring (bicyclic) bond motifs is 1. The lowest BCUT2D eigenvalue weighted by atomic mass is 10.2. The highest BCUT2D eigenvalue weighted by Crippen LogP contribution is 2.23. The summed E-state index contributed by atoms with van der Waals surface area (Å²) in [6, 6.07) is 20.8. The molecule has 0 spiro atoms. The lowest BCUT2D eigenvalue weighted by Crippen LogP contribution is -2.29. The Labute approximate surface area is 191 Å². The first-order chi connectivity index (χ1) is 15.8. The Kier molecular flexibility index (Phi) is 6.09. The fraction of sp³-hybridized carbons (Fsp3) is 0.0870.